The normalized spacial score (nSPS) is 10.6. The summed E-state index contributed by atoms with van der Waals surface area (Å²) in [7, 11) is 3.54. The monoisotopic (exact) mass is 536 g/mol. The number of ether oxygens (including phenoxy) is 3. The lowest BCUT2D eigenvalue weighted by molar-refractivity contribution is -0.395. The maximum Gasteiger partial charge on any atom is 0.325 e. The average Bonchev–Trinajstić information content (AvgIpc) is 2.86. The topological polar surface area (TPSA) is 205 Å². The molecule has 202 valence electrons. The fourth-order valence-electron chi connectivity index (χ4n) is 3.02. The number of methoxy groups -OCH3 is 3. The first kappa shape index (κ1) is 29.0. The van der Waals surface area contributed by atoms with E-state index in [-0.39, 0.29) is 22.8 Å². The minimum atomic E-state index is -1.38. The van der Waals surface area contributed by atoms with Crippen LogP contribution in [0, 0.1) is 26.0 Å². The highest BCUT2D eigenvalue weighted by Gasteiger charge is 2.26. The van der Waals surface area contributed by atoms with Gasteiger partial charge in [-0.15, -0.1) is 10.2 Å². The maximum atomic E-state index is 14.1. The van der Waals surface area contributed by atoms with Gasteiger partial charge in [-0.3, -0.25) is 34.6 Å². The number of hydrogen-bond donors (Lipinski definition) is 1. The van der Waals surface area contributed by atoms with Crippen LogP contribution in [0.25, 0.3) is 0 Å². The van der Waals surface area contributed by atoms with Gasteiger partial charge in [-0.25, -0.2) is 0 Å². The third-order valence-electron chi connectivity index (χ3n) is 4.75. The van der Waals surface area contributed by atoms with Crippen LogP contribution >= 0.6 is 0 Å². The van der Waals surface area contributed by atoms with Gasteiger partial charge in [0.25, 0.3) is 0 Å². The zero-order chi connectivity index (χ0) is 28.6. The highest BCUT2D eigenvalue weighted by molar-refractivity contribution is 5.94. The highest BCUT2D eigenvalue weighted by atomic mass is 19.1. The number of nitro groups is 2. The Hall–Kier alpha value is -5.22. The largest absolute Gasteiger partial charge is 0.494 e. The van der Waals surface area contributed by atoms with E-state index in [1.807, 2.05) is 0 Å². The first-order valence-corrected chi connectivity index (χ1v) is 10.3. The van der Waals surface area contributed by atoms with E-state index in [0.717, 1.165) is 14.2 Å². The molecule has 16 nitrogen and oxygen atoms in total. The van der Waals surface area contributed by atoms with E-state index < -0.39 is 63.7 Å². The molecule has 0 heterocycles. The summed E-state index contributed by atoms with van der Waals surface area (Å²) < 4.78 is 28.8. The third kappa shape index (κ3) is 7.15. The zero-order valence-corrected chi connectivity index (χ0v) is 20.4. The molecule has 1 amide bonds. The van der Waals surface area contributed by atoms with Crippen LogP contribution in [0.3, 0.4) is 0 Å². The van der Waals surface area contributed by atoms with Crippen molar-refractivity contribution in [2.75, 3.05) is 44.6 Å². The Morgan fingerprint density at radius 2 is 1.47 bits per heavy atom. The molecular weight excluding hydrogens is 515 g/mol. The number of nitro benzene ring substituents is 2. The van der Waals surface area contributed by atoms with E-state index in [1.54, 1.807) is 0 Å². The number of esters is 2. The first-order valence-electron chi connectivity index (χ1n) is 10.3. The van der Waals surface area contributed by atoms with Crippen molar-refractivity contribution in [2.45, 2.75) is 6.92 Å². The summed E-state index contributed by atoms with van der Waals surface area (Å²) in [6.07, 6.45) is 0. The smallest absolute Gasteiger partial charge is 0.325 e. The van der Waals surface area contributed by atoms with E-state index in [9.17, 15) is 39.0 Å². The Labute approximate surface area is 213 Å². The molecule has 2 rings (SSSR count). The summed E-state index contributed by atoms with van der Waals surface area (Å²) in [6, 6.07) is 3.38. The summed E-state index contributed by atoms with van der Waals surface area (Å²) >= 11 is 0. The lowest BCUT2D eigenvalue weighted by Gasteiger charge is -2.25. The quantitative estimate of drug-likeness (QED) is 0.191. The SMILES string of the molecule is COC(=O)CN(CC(=O)OC)c1cc(NC(C)=O)c(/N=N/c2cc(F)c([N+](=O)[O-])cc2[N+](=O)[O-])cc1OC. The molecule has 0 aliphatic heterocycles. The second-order valence-electron chi connectivity index (χ2n) is 7.24. The van der Waals surface area contributed by atoms with Gasteiger partial charge in [0.15, 0.2) is 5.69 Å². The van der Waals surface area contributed by atoms with Gasteiger partial charge in [-0.05, 0) is 6.07 Å². The van der Waals surface area contributed by atoms with Crippen LogP contribution in [0.5, 0.6) is 5.75 Å². The van der Waals surface area contributed by atoms with Crippen molar-refractivity contribution in [1.82, 2.24) is 0 Å². The van der Waals surface area contributed by atoms with Gasteiger partial charge in [0.05, 0.1) is 48.6 Å². The highest BCUT2D eigenvalue weighted by Crippen LogP contribution is 2.41. The Bertz CT molecular complexity index is 1300. The first-order chi connectivity index (χ1) is 17.9. The number of halogens is 1. The number of amides is 1. The van der Waals surface area contributed by atoms with Crippen LogP contribution in [0.4, 0.5) is 38.5 Å². The summed E-state index contributed by atoms with van der Waals surface area (Å²) in [5, 5.41) is 32.3. The number of anilines is 2. The summed E-state index contributed by atoms with van der Waals surface area (Å²) in [4.78, 5) is 57.1. The molecule has 0 unspecified atom stereocenters. The van der Waals surface area contributed by atoms with Gasteiger partial charge in [-0.2, -0.15) is 4.39 Å². The Morgan fingerprint density at radius 3 is 1.95 bits per heavy atom. The molecule has 2 aromatic rings. The zero-order valence-electron chi connectivity index (χ0n) is 20.4. The predicted molar refractivity (Wildman–Crippen MR) is 127 cm³/mol. The molecule has 17 heteroatoms. The van der Waals surface area contributed by atoms with Gasteiger partial charge in [0.2, 0.25) is 11.7 Å². The number of azo groups is 1. The molecule has 0 atom stereocenters. The molecule has 0 aliphatic rings. The van der Waals surface area contributed by atoms with E-state index in [4.69, 9.17) is 4.74 Å². The number of nitrogens with zero attached hydrogens (tertiary/aromatic N) is 5. The number of benzene rings is 2. The van der Waals surface area contributed by atoms with Gasteiger partial charge < -0.3 is 24.4 Å². The molecule has 2 aromatic carbocycles. The molecule has 0 aromatic heterocycles. The fourth-order valence-corrected chi connectivity index (χ4v) is 3.02. The minimum absolute atomic E-state index is 0.0187. The van der Waals surface area contributed by atoms with Crippen LogP contribution in [-0.4, -0.2) is 62.1 Å². The van der Waals surface area contributed by atoms with Crippen LogP contribution in [0.15, 0.2) is 34.5 Å². The van der Waals surface area contributed by atoms with Gasteiger partial charge in [-0.1, -0.05) is 0 Å². The van der Waals surface area contributed by atoms with Crippen molar-refractivity contribution >= 4 is 52.0 Å². The molecule has 1 N–H and O–H groups in total. The van der Waals surface area contributed by atoms with Crippen molar-refractivity contribution in [3.8, 4) is 5.75 Å². The number of carbonyl (C=O) groups is 3. The van der Waals surface area contributed by atoms with Crippen LogP contribution in [-0.2, 0) is 23.9 Å². The Morgan fingerprint density at radius 1 is 0.921 bits per heavy atom. The molecule has 38 heavy (non-hydrogen) atoms. The molecule has 0 spiro atoms. The van der Waals surface area contributed by atoms with Gasteiger partial charge in [0.1, 0.15) is 24.5 Å². The average molecular weight is 536 g/mol. The standard InChI is InChI=1S/C21H21FN6O10/c1-11(29)23-13-6-18(26(9-20(30)37-3)10-21(31)38-4)19(36-2)7-14(13)24-25-15-5-12(22)16(27(32)33)8-17(15)28(34)35/h5-8H,9-10H2,1-4H3,(H,23,29)/b25-24+. The molecular formula is C21H21FN6O10. The molecule has 0 fully saturated rings. The van der Waals surface area contributed by atoms with Crippen molar-refractivity contribution in [3.63, 3.8) is 0 Å². The van der Waals surface area contributed by atoms with Gasteiger partial charge in [0, 0.05) is 19.1 Å². The summed E-state index contributed by atoms with van der Waals surface area (Å²) in [5.74, 6) is -3.37. The summed E-state index contributed by atoms with van der Waals surface area (Å²) in [6.45, 7) is 0.329. The van der Waals surface area contributed by atoms with Gasteiger partial charge >= 0.3 is 23.3 Å². The van der Waals surface area contributed by atoms with E-state index >= 15 is 0 Å². The number of carbonyl (C=O) groups excluding carboxylic acids is 3. The Kier molecular flexibility index (Phi) is 9.66. The summed E-state index contributed by atoms with van der Waals surface area (Å²) in [5.41, 5.74) is -2.72. The fraction of sp³-hybridized carbons (Fsp3) is 0.286. The molecule has 0 radical (unpaired) electrons. The number of nitrogens with one attached hydrogen (secondary N) is 1. The Balaban J connectivity index is 2.69. The third-order valence-corrected chi connectivity index (χ3v) is 4.75. The van der Waals surface area contributed by atoms with Crippen LogP contribution in [0.1, 0.15) is 6.92 Å². The number of rotatable bonds is 11. The van der Waals surface area contributed by atoms with Crippen molar-refractivity contribution in [3.05, 3.63) is 50.3 Å². The molecule has 0 aliphatic carbocycles. The predicted octanol–water partition coefficient (Wildman–Crippen LogP) is 3.18. The van der Waals surface area contributed by atoms with Crippen molar-refractivity contribution in [2.24, 2.45) is 10.2 Å². The molecule has 0 saturated carbocycles. The molecule has 0 saturated heterocycles. The molecule has 0 bridgehead atoms. The van der Waals surface area contributed by atoms with E-state index in [1.165, 1.54) is 31.1 Å². The van der Waals surface area contributed by atoms with Crippen LogP contribution in [0.2, 0.25) is 0 Å². The lowest BCUT2D eigenvalue weighted by Crippen LogP contribution is -2.36. The van der Waals surface area contributed by atoms with Crippen LogP contribution < -0.4 is 15.0 Å². The van der Waals surface area contributed by atoms with Crippen molar-refractivity contribution < 1.29 is 42.8 Å². The second-order valence-corrected chi connectivity index (χ2v) is 7.24. The number of hydrogen-bond acceptors (Lipinski definition) is 13. The minimum Gasteiger partial charge on any atom is -0.494 e. The van der Waals surface area contributed by atoms with Crippen molar-refractivity contribution in [1.29, 1.82) is 0 Å². The maximum absolute atomic E-state index is 14.1. The second kappa shape index (κ2) is 12.7. The van der Waals surface area contributed by atoms with E-state index in [2.05, 4.69) is 25.0 Å². The lowest BCUT2D eigenvalue weighted by atomic mass is 10.2. The van der Waals surface area contributed by atoms with E-state index in [0.29, 0.717) is 12.1 Å².